The van der Waals surface area contributed by atoms with Gasteiger partial charge in [-0.1, -0.05) is 6.07 Å². The molecular formula is C20H24N4O2. The Morgan fingerprint density at radius 1 is 1.15 bits per heavy atom. The molecule has 0 radical (unpaired) electrons. The average Bonchev–Trinajstić information content (AvgIpc) is 2.68. The van der Waals surface area contributed by atoms with Crippen molar-refractivity contribution in [2.45, 2.75) is 44.6 Å². The van der Waals surface area contributed by atoms with Crippen molar-refractivity contribution in [3.63, 3.8) is 0 Å². The lowest BCUT2D eigenvalue weighted by molar-refractivity contribution is 0.0269. The summed E-state index contributed by atoms with van der Waals surface area (Å²) in [5.74, 6) is 0.815. The lowest BCUT2D eigenvalue weighted by Crippen LogP contribution is -2.41. The monoisotopic (exact) mass is 352 g/mol. The molecule has 0 amide bonds. The zero-order chi connectivity index (χ0) is 17.9. The number of esters is 1. The summed E-state index contributed by atoms with van der Waals surface area (Å²) in [5, 5.41) is 0. The van der Waals surface area contributed by atoms with Crippen molar-refractivity contribution < 1.29 is 9.53 Å². The Balaban J connectivity index is 1.42. The number of piperidine rings is 1. The largest absolute Gasteiger partial charge is 0.457 e. The fraction of sp³-hybridized carbons (Fsp3) is 0.450. The molecule has 2 N–H and O–H groups in total. The molecule has 1 atom stereocenters. The Morgan fingerprint density at radius 2 is 2.00 bits per heavy atom. The molecule has 0 unspecified atom stereocenters. The maximum atomic E-state index is 12.6. The van der Waals surface area contributed by atoms with Gasteiger partial charge in [0.1, 0.15) is 11.9 Å². The van der Waals surface area contributed by atoms with E-state index in [0.29, 0.717) is 12.1 Å². The van der Waals surface area contributed by atoms with Crippen molar-refractivity contribution in [1.29, 1.82) is 0 Å². The van der Waals surface area contributed by atoms with Crippen LogP contribution < -0.4 is 10.6 Å². The second kappa shape index (κ2) is 7.32. The molecular weight excluding hydrogens is 328 g/mol. The predicted octanol–water partition coefficient (Wildman–Crippen LogP) is 2.76. The lowest BCUT2D eigenvalue weighted by atomic mass is 9.90. The van der Waals surface area contributed by atoms with E-state index in [1.54, 1.807) is 6.20 Å². The molecule has 0 bridgehead atoms. The van der Waals surface area contributed by atoms with Gasteiger partial charge in [-0.25, -0.2) is 9.78 Å². The fourth-order valence-electron chi connectivity index (χ4n) is 3.86. The van der Waals surface area contributed by atoms with Crippen molar-refractivity contribution >= 4 is 17.7 Å². The number of carbonyl (C=O) groups is 1. The molecule has 2 aliphatic rings. The van der Waals surface area contributed by atoms with E-state index >= 15 is 0 Å². The molecule has 4 rings (SSSR count). The molecule has 6 heteroatoms. The molecule has 1 aliphatic carbocycles. The number of nitrogen functional groups attached to an aromatic ring is 1. The zero-order valence-corrected chi connectivity index (χ0v) is 14.9. The average molecular weight is 352 g/mol. The first kappa shape index (κ1) is 16.8. The van der Waals surface area contributed by atoms with Crippen molar-refractivity contribution in [2.24, 2.45) is 0 Å². The van der Waals surface area contributed by atoms with Crippen LogP contribution in [0.25, 0.3) is 0 Å². The van der Waals surface area contributed by atoms with Gasteiger partial charge >= 0.3 is 5.97 Å². The highest BCUT2D eigenvalue weighted by Gasteiger charge is 2.25. The van der Waals surface area contributed by atoms with Crippen LogP contribution in [0.1, 0.15) is 47.2 Å². The number of hydrogen-bond acceptors (Lipinski definition) is 6. The van der Waals surface area contributed by atoms with Gasteiger partial charge in [-0.2, -0.15) is 4.98 Å². The van der Waals surface area contributed by atoms with Crippen molar-refractivity contribution in [3.05, 3.63) is 47.2 Å². The first-order chi connectivity index (χ1) is 12.7. The fourth-order valence-corrected chi connectivity index (χ4v) is 3.86. The van der Waals surface area contributed by atoms with E-state index < -0.39 is 0 Å². The third-order valence-electron chi connectivity index (χ3n) is 5.22. The number of aromatic nitrogens is 2. The third-order valence-corrected chi connectivity index (χ3v) is 5.22. The van der Waals surface area contributed by atoms with Crippen molar-refractivity contribution in [1.82, 2.24) is 9.97 Å². The molecule has 2 aromatic rings. The smallest absolute Gasteiger partial charge is 0.338 e. The number of aryl methyl sites for hydroxylation is 2. The SMILES string of the molecule is Nc1nccc(N2CCC[C@@H](OC(=O)c3ccc4c(c3)CCCC4)C2)n1. The van der Waals surface area contributed by atoms with E-state index in [9.17, 15) is 4.79 Å². The predicted molar refractivity (Wildman–Crippen MR) is 100 cm³/mol. The van der Waals surface area contributed by atoms with Gasteiger partial charge in [-0.05, 0) is 67.9 Å². The molecule has 26 heavy (non-hydrogen) atoms. The van der Waals surface area contributed by atoms with E-state index in [4.69, 9.17) is 10.5 Å². The Morgan fingerprint density at radius 3 is 2.85 bits per heavy atom. The zero-order valence-electron chi connectivity index (χ0n) is 14.9. The Labute approximate surface area is 153 Å². The summed E-state index contributed by atoms with van der Waals surface area (Å²) < 4.78 is 5.80. The summed E-state index contributed by atoms with van der Waals surface area (Å²) in [6, 6.07) is 7.84. The minimum Gasteiger partial charge on any atom is -0.457 e. The number of fused-ring (bicyclic) bond motifs is 1. The summed E-state index contributed by atoms with van der Waals surface area (Å²) in [7, 11) is 0. The van der Waals surface area contributed by atoms with Gasteiger partial charge in [0.25, 0.3) is 0 Å². The molecule has 0 saturated carbocycles. The van der Waals surface area contributed by atoms with E-state index in [-0.39, 0.29) is 18.0 Å². The number of nitrogens with two attached hydrogens (primary N) is 1. The molecule has 2 heterocycles. The second-order valence-electron chi connectivity index (χ2n) is 7.08. The highest BCUT2D eigenvalue weighted by molar-refractivity contribution is 5.90. The molecule has 1 aliphatic heterocycles. The van der Waals surface area contributed by atoms with Crippen LogP contribution in [0, 0.1) is 0 Å². The lowest BCUT2D eigenvalue weighted by Gasteiger charge is -2.33. The van der Waals surface area contributed by atoms with E-state index in [0.717, 1.165) is 38.0 Å². The highest BCUT2D eigenvalue weighted by Crippen LogP contribution is 2.24. The van der Waals surface area contributed by atoms with Crippen LogP contribution in [-0.2, 0) is 17.6 Å². The Bertz CT molecular complexity index is 808. The number of nitrogens with zero attached hydrogens (tertiary/aromatic N) is 3. The molecule has 6 nitrogen and oxygen atoms in total. The van der Waals surface area contributed by atoms with Gasteiger partial charge in [0.2, 0.25) is 5.95 Å². The minimum absolute atomic E-state index is 0.136. The van der Waals surface area contributed by atoms with E-state index in [2.05, 4.69) is 20.9 Å². The number of hydrogen-bond donors (Lipinski definition) is 1. The van der Waals surface area contributed by atoms with Gasteiger partial charge in [0.05, 0.1) is 12.1 Å². The molecule has 0 spiro atoms. The first-order valence-corrected chi connectivity index (χ1v) is 9.35. The van der Waals surface area contributed by atoms with Crippen molar-refractivity contribution in [3.8, 4) is 0 Å². The Hall–Kier alpha value is -2.63. The van der Waals surface area contributed by atoms with Crippen LogP contribution >= 0.6 is 0 Å². The number of rotatable bonds is 3. The quantitative estimate of drug-likeness (QED) is 0.856. The van der Waals surface area contributed by atoms with Crippen LogP contribution in [0.5, 0.6) is 0 Å². The van der Waals surface area contributed by atoms with Crippen LogP contribution in [0.2, 0.25) is 0 Å². The van der Waals surface area contributed by atoms with Gasteiger partial charge in [0, 0.05) is 12.7 Å². The van der Waals surface area contributed by atoms with Crippen molar-refractivity contribution in [2.75, 3.05) is 23.7 Å². The standard InChI is InChI=1S/C20H24N4O2/c21-20-22-10-9-18(23-20)24-11-3-6-17(13-24)26-19(25)16-8-7-14-4-1-2-5-15(14)12-16/h7-10,12,17H,1-6,11,13H2,(H2,21,22,23)/t17-/m1/s1. The van der Waals surface area contributed by atoms with E-state index in [1.807, 2.05) is 18.2 Å². The van der Waals surface area contributed by atoms with Crippen LogP contribution in [0.15, 0.2) is 30.5 Å². The number of anilines is 2. The number of carbonyl (C=O) groups excluding carboxylic acids is 1. The summed E-state index contributed by atoms with van der Waals surface area (Å²) in [4.78, 5) is 22.9. The first-order valence-electron chi connectivity index (χ1n) is 9.35. The summed E-state index contributed by atoms with van der Waals surface area (Å²) >= 11 is 0. The number of benzene rings is 1. The minimum atomic E-state index is -0.229. The summed E-state index contributed by atoms with van der Waals surface area (Å²) in [6.45, 7) is 1.51. The molecule has 1 saturated heterocycles. The molecule has 136 valence electrons. The van der Waals surface area contributed by atoms with Crippen LogP contribution in [0.3, 0.4) is 0 Å². The van der Waals surface area contributed by atoms with Gasteiger partial charge in [0.15, 0.2) is 0 Å². The maximum Gasteiger partial charge on any atom is 0.338 e. The van der Waals surface area contributed by atoms with Crippen LogP contribution in [0.4, 0.5) is 11.8 Å². The molecule has 1 aromatic heterocycles. The second-order valence-corrected chi connectivity index (χ2v) is 7.08. The molecule has 1 fully saturated rings. The molecule has 1 aromatic carbocycles. The van der Waals surface area contributed by atoms with Gasteiger partial charge < -0.3 is 15.4 Å². The maximum absolute atomic E-state index is 12.6. The van der Waals surface area contributed by atoms with Gasteiger partial charge in [-0.15, -0.1) is 0 Å². The normalized spacial score (nSPS) is 19.7. The van der Waals surface area contributed by atoms with Gasteiger partial charge in [-0.3, -0.25) is 0 Å². The number of ether oxygens (including phenoxy) is 1. The highest BCUT2D eigenvalue weighted by atomic mass is 16.5. The van der Waals surface area contributed by atoms with Crippen LogP contribution in [-0.4, -0.2) is 35.1 Å². The summed E-state index contributed by atoms with van der Waals surface area (Å²) in [5.41, 5.74) is 9.01. The topological polar surface area (TPSA) is 81.3 Å². The van der Waals surface area contributed by atoms with E-state index in [1.165, 1.54) is 24.0 Å². The Kier molecular flexibility index (Phi) is 4.73. The third kappa shape index (κ3) is 3.64. The summed E-state index contributed by atoms with van der Waals surface area (Å²) in [6.07, 6.45) is 7.95.